The molecule has 1 amide bonds. The van der Waals surface area contributed by atoms with Crippen molar-refractivity contribution in [3.63, 3.8) is 0 Å². The predicted molar refractivity (Wildman–Crippen MR) is 70.2 cm³/mol. The predicted octanol–water partition coefficient (Wildman–Crippen LogP) is 0.817. The van der Waals surface area contributed by atoms with Gasteiger partial charge in [-0.05, 0) is 13.3 Å². The molecular formula is C12H15N3O2S. The first-order valence-electron chi connectivity index (χ1n) is 5.78. The van der Waals surface area contributed by atoms with Crippen LogP contribution in [0.3, 0.4) is 0 Å². The highest BCUT2D eigenvalue weighted by Gasteiger charge is 2.31. The van der Waals surface area contributed by atoms with Crippen molar-refractivity contribution in [3.05, 3.63) is 11.1 Å². The van der Waals surface area contributed by atoms with Crippen LogP contribution >= 0.6 is 11.3 Å². The lowest BCUT2D eigenvalue weighted by Gasteiger charge is -2.12. The fourth-order valence-electron chi connectivity index (χ4n) is 1.80. The van der Waals surface area contributed by atoms with Crippen molar-refractivity contribution in [2.45, 2.75) is 19.4 Å². The third-order valence-electron chi connectivity index (χ3n) is 2.76. The van der Waals surface area contributed by atoms with Crippen LogP contribution in [0.4, 0.5) is 5.13 Å². The Labute approximate surface area is 110 Å². The molecule has 2 unspecified atom stereocenters. The number of nitrogens with one attached hydrogen (secondary N) is 1. The fraction of sp³-hybridized carbons (Fsp3) is 0.500. The molecule has 1 aliphatic heterocycles. The van der Waals surface area contributed by atoms with Crippen LogP contribution in [0.2, 0.25) is 0 Å². The number of thiazole rings is 1. The third kappa shape index (κ3) is 3.07. The smallest absolute Gasteiger partial charge is 0.231 e. The summed E-state index contributed by atoms with van der Waals surface area (Å²) in [7, 11) is 0. The molecule has 2 rings (SSSR count). The lowest BCUT2D eigenvalue weighted by molar-refractivity contribution is -0.121. The minimum absolute atomic E-state index is 0.0264. The maximum absolute atomic E-state index is 12.0. The Bertz CT molecular complexity index is 489. The van der Waals surface area contributed by atoms with E-state index in [1.807, 2.05) is 6.92 Å². The van der Waals surface area contributed by atoms with Gasteiger partial charge < -0.3 is 15.8 Å². The summed E-state index contributed by atoms with van der Waals surface area (Å²) in [4.78, 5) is 16.9. The van der Waals surface area contributed by atoms with Gasteiger partial charge in [0.25, 0.3) is 0 Å². The van der Waals surface area contributed by atoms with Gasteiger partial charge in [0, 0.05) is 6.61 Å². The van der Waals surface area contributed by atoms with E-state index in [1.54, 1.807) is 6.20 Å². The Kier molecular flexibility index (Phi) is 4.31. The van der Waals surface area contributed by atoms with Crippen molar-refractivity contribution in [2.24, 2.45) is 11.7 Å². The normalized spacial score (nSPS) is 22.3. The molecule has 0 spiro atoms. The number of ether oxygens (including phenoxy) is 1. The second-order valence-electron chi connectivity index (χ2n) is 4.00. The van der Waals surface area contributed by atoms with Crippen molar-refractivity contribution in [2.75, 3.05) is 18.5 Å². The molecule has 18 heavy (non-hydrogen) atoms. The summed E-state index contributed by atoms with van der Waals surface area (Å²) in [5.41, 5.74) is 5.29. The highest BCUT2D eigenvalue weighted by molar-refractivity contribution is 7.16. The van der Waals surface area contributed by atoms with Gasteiger partial charge in [-0.3, -0.25) is 4.79 Å². The van der Waals surface area contributed by atoms with Gasteiger partial charge in [-0.25, -0.2) is 4.98 Å². The number of aromatic nitrogens is 1. The van der Waals surface area contributed by atoms with E-state index in [-0.39, 0.29) is 17.9 Å². The monoisotopic (exact) mass is 265 g/mol. The minimum atomic E-state index is -0.0903. The van der Waals surface area contributed by atoms with E-state index in [9.17, 15) is 4.79 Å². The van der Waals surface area contributed by atoms with Crippen molar-refractivity contribution in [3.8, 4) is 11.8 Å². The number of nitrogens with zero attached hydrogens (tertiary/aromatic N) is 1. The Balaban J connectivity index is 1.96. The number of amides is 1. The quantitative estimate of drug-likeness (QED) is 0.776. The summed E-state index contributed by atoms with van der Waals surface area (Å²) < 4.78 is 5.37. The molecule has 0 saturated carbocycles. The van der Waals surface area contributed by atoms with E-state index >= 15 is 0 Å². The Morgan fingerprint density at radius 3 is 3.28 bits per heavy atom. The second-order valence-corrected chi connectivity index (χ2v) is 5.03. The van der Waals surface area contributed by atoms with E-state index in [2.05, 4.69) is 22.1 Å². The molecule has 1 aliphatic rings. The van der Waals surface area contributed by atoms with Crippen molar-refractivity contribution in [1.82, 2.24) is 4.98 Å². The molecule has 6 heteroatoms. The van der Waals surface area contributed by atoms with Gasteiger partial charge >= 0.3 is 0 Å². The molecule has 0 radical (unpaired) electrons. The summed E-state index contributed by atoms with van der Waals surface area (Å²) >= 11 is 1.35. The number of carbonyl (C=O) groups is 1. The zero-order valence-electron chi connectivity index (χ0n) is 10.1. The molecule has 1 fully saturated rings. The van der Waals surface area contributed by atoms with Gasteiger partial charge in [0.1, 0.15) is 0 Å². The average molecular weight is 265 g/mol. The zero-order valence-corrected chi connectivity index (χ0v) is 10.9. The molecule has 5 nitrogen and oxygen atoms in total. The number of hydrogen-bond donors (Lipinski definition) is 2. The maximum atomic E-state index is 12.0. The lowest BCUT2D eigenvalue weighted by atomic mass is 10.0. The van der Waals surface area contributed by atoms with Gasteiger partial charge in [-0.2, -0.15) is 0 Å². The number of carbonyl (C=O) groups excluding carboxylic acids is 1. The lowest BCUT2D eigenvalue weighted by Crippen LogP contribution is -2.27. The molecule has 1 aromatic heterocycles. The number of hydrogen-bond acceptors (Lipinski definition) is 5. The van der Waals surface area contributed by atoms with E-state index in [1.165, 1.54) is 11.3 Å². The molecule has 3 N–H and O–H groups in total. The molecule has 96 valence electrons. The van der Waals surface area contributed by atoms with Crippen LogP contribution in [0.15, 0.2) is 6.20 Å². The number of nitrogens with two attached hydrogens (primary N) is 1. The highest BCUT2D eigenvalue weighted by Crippen LogP contribution is 2.23. The molecule has 0 aliphatic carbocycles. The second kappa shape index (κ2) is 5.96. The van der Waals surface area contributed by atoms with Crippen LogP contribution in [0.25, 0.3) is 0 Å². The summed E-state index contributed by atoms with van der Waals surface area (Å²) in [5, 5.41) is 3.37. The largest absolute Gasteiger partial charge is 0.378 e. The van der Waals surface area contributed by atoms with E-state index in [4.69, 9.17) is 10.5 Å². The van der Waals surface area contributed by atoms with Crippen LogP contribution in [-0.4, -0.2) is 30.1 Å². The molecule has 2 atom stereocenters. The van der Waals surface area contributed by atoms with Gasteiger partial charge in [0.05, 0.1) is 29.6 Å². The van der Waals surface area contributed by atoms with Crippen LogP contribution in [0.1, 0.15) is 18.2 Å². The van der Waals surface area contributed by atoms with Gasteiger partial charge in [-0.1, -0.05) is 23.2 Å². The first-order chi connectivity index (χ1) is 8.70. The number of anilines is 1. The summed E-state index contributed by atoms with van der Waals surface area (Å²) in [6.07, 6.45) is 2.37. The number of rotatable bonds is 2. The topological polar surface area (TPSA) is 77.2 Å². The summed E-state index contributed by atoms with van der Waals surface area (Å²) in [5.74, 6) is 5.51. The summed E-state index contributed by atoms with van der Waals surface area (Å²) in [6, 6.07) is 0. The Morgan fingerprint density at radius 1 is 1.78 bits per heavy atom. The molecule has 1 saturated heterocycles. The van der Waals surface area contributed by atoms with Crippen molar-refractivity contribution in [1.29, 1.82) is 0 Å². The molecule has 0 bridgehead atoms. The van der Waals surface area contributed by atoms with Crippen molar-refractivity contribution >= 4 is 22.4 Å². The zero-order chi connectivity index (χ0) is 13.0. The first kappa shape index (κ1) is 13.0. The van der Waals surface area contributed by atoms with E-state index < -0.39 is 0 Å². The van der Waals surface area contributed by atoms with E-state index in [0.717, 1.165) is 11.3 Å². The maximum Gasteiger partial charge on any atom is 0.231 e. The SMILES string of the molecule is CC1OCCC1C(=O)Nc1ncc(C#CCN)s1. The summed E-state index contributed by atoms with van der Waals surface area (Å²) in [6.45, 7) is 2.87. The minimum Gasteiger partial charge on any atom is -0.378 e. The van der Waals surface area contributed by atoms with Gasteiger partial charge in [0.2, 0.25) is 5.91 Å². The first-order valence-corrected chi connectivity index (χ1v) is 6.59. The van der Waals surface area contributed by atoms with Crippen LogP contribution in [0, 0.1) is 17.8 Å². The fourth-order valence-corrected chi connectivity index (χ4v) is 2.50. The Morgan fingerprint density at radius 2 is 2.61 bits per heavy atom. The van der Waals surface area contributed by atoms with Crippen LogP contribution < -0.4 is 11.1 Å². The average Bonchev–Trinajstić information content (AvgIpc) is 2.95. The standard InChI is InChI=1S/C12H15N3O2S/c1-8-10(4-6-17-8)11(16)15-12-14-7-9(18-12)3-2-5-13/h7-8,10H,4-6,13H2,1H3,(H,14,15,16). The molecule has 1 aromatic rings. The van der Waals surface area contributed by atoms with E-state index in [0.29, 0.717) is 18.3 Å². The van der Waals surface area contributed by atoms with Crippen molar-refractivity contribution < 1.29 is 9.53 Å². The molecule has 2 heterocycles. The van der Waals surface area contributed by atoms with Crippen LogP contribution in [-0.2, 0) is 9.53 Å². The van der Waals surface area contributed by atoms with Gasteiger partial charge in [0.15, 0.2) is 5.13 Å². The Hall–Kier alpha value is -1.42. The van der Waals surface area contributed by atoms with Gasteiger partial charge in [-0.15, -0.1) is 0 Å². The molecule has 0 aromatic carbocycles. The third-order valence-corrected chi connectivity index (χ3v) is 3.59. The van der Waals surface area contributed by atoms with Crippen LogP contribution in [0.5, 0.6) is 0 Å². The molecular weight excluding hydrogens is 250 g/mol. The highest BCUT2D eigenvalue weighted by atomic mass is 32.1.